The molecule has 2 heterocycles. The summed E-state index contributed by atoms with van der Waals surface area (Å²) in [6, 6.07) is 12.8. The van der Waals surface area contributed by atoms with Crippen molar-refractivity contribution in [1.29, 1.82) is 0 Å². The molecule has 4 rings (SSSR count). The lowest BCUT2D eigenvalue weighted by molar-refractivity contribution is -0.146. The Bertz CT molecular complexity index is 1460. The number of aliphatic hydroxyl groups excluding tert-OH is 1. The van der Waals surface area contributed by atoms with Crippen molar-refractivity contribution in [3.05, 3.63) is 82.3 Å². The molecule has 0 saturated heterocycles. The number of rotatable bonds is 10. The fourth-order valence-electron chi connectivity index (χ4n) is 4.01. The quantitative estimate of drug-likeness (QED) is 0.333. The van der Waals surface area contributed by atoms with E-state index in [2.05, 4.69) is 15.3 Å². The second-order valence-corrected chi connectivity index (χ2v) is 8.53. The number of carbonyl (C=O) groups is 1. The van der Waals surface area contributed by atoms with Gasteiger partial charge in [0.05, 0.1) is 24.5 Å². The number of aromatic nitrogens is 4. The Morgan fingerprint density at radius 1 is 1.05 bits per heavy atom. The molecule has 0 aliphatic heterocycles. The average molecular weight is 510 g/mol. The van der Waals surface area contributed by atoms with Crippen LogP contribution in [0.25, 0.3) is 22.0 Å². The number of carboxylic acid groups (broad SMARTS) is 1. The third-order valence-corrected chi connectivity index (χ3v) is 6.16. The molecule has 0 amide bonds. The molecule has 0 bridgehead atoms. The van der Waals surface area contributed by atoms with Gasteiger partial charge in [0, 0.05) is 30.4 Å². The summed E-state index contributed by atoms with van der Waals surface area (Å²) in [5.41, 5.74) is 1.95. The Hall–Kier alpha value is -4.25. The van der Waals surface area contributed by atoms with Crippen LogP contribution >= 0.6 is 0 Å². The van der Waals surface area contributed by atoms with E-state index in [-0.39, 0.29) is 30.3 Å². The predicted molar refractivity (Wildman–Crippen MR) is 130 cm³/mol. The Balaban J connectivity index is 1.38. The van der Waals surface area contributed by atoms with Gasteiger partial charge in [-0.1, -0.05) is 29.5 Å². The number of aliphatic hydroxyl groups is 1. The van der Waals surface area contributed by atoms with E-state index in [0.717, 1.165) is 33.5 Å². The third-order valence-electron chi connectivity index (χ3n) is 6.16. The summed E-state index contributed by atoms with van der Waals surface area (Å²) < 4.78 is 32.9. The molecule has 0 aliphatic rings. The van der Waals surface area contributed by atoms with Crippen LogP contribution in [0.2, 0.25) is 0 Å². The zero-order valence-electron chi connectivity index (χ0n) is 19.8. The van der Waals surface area contributed by atoms with Gasteiger partial charge < -0.3 is 14.9 Å². The van der Waals surface area contributed by atoms with Gasteiger partial charge in [-0.2, -0.15) is 0 Å². The highest BCUT2D eigenvalue weighted by atomic mass is 19.2. The van der Waals surface area contributed by atoms with E-state index in [1.165, 1.54) is 0 Å². The number of methoxy groups -OCH3 is 1. The molecular weight excluding hydrogens is 486 g/mol. The van der Waals surface area contributed by atoms with Gasteiger partial charge in [0.2, 0.25) is 5.88 Å². The van der Waals surface area contributed by atoms with Crippen LogP contribution in [0.4, 0.5) is 8.78 Å². The minimum absolute atomic E-state index is 0.107. The molecule has 11 heteroatoms. The summed E-state index contributed by atoms with van der Waals surface area (Å²) in [4.78, 5) is 28.6. The average Bonchev–Trinajstić information content (AvgIpc) is 2.90. The molecule has 1 unspecified atom stereocenters. The molecular formula is C26H24F2N4O5. The fourth-order valence-corrected chi connectivity index (χ4v) is 4.01. The number of aliphatic carboxylic acids is 1. The fraction of sp³-hybridized carbons (Fsp3) is 0.269. The Kier molecular flexibility index (Phi) is 7.83. The summed E-state index contributed by atoms with van der Waals surface area (Å²) in [6.45, 7) is -0.167. The number of hydrogen-bond acceptors (Lipinski definition) is 7. The zero-order valence-corrected chi connectivity index (χ0v) is 19.8. The van der Waals surface area contributed by atoms with Gasteiger partial charge in [-0.25, -0.2) is 18.4 Å². The minimum Gasteiger partial charge on any atom is -0.481 e. The number of fused-ring (bicyclic) bond motifs is 1. The normalized spacial score (nSPS) is 12.9. The van der Waals surface area contributed by atoms with Crippen LogP contribution in [0.1, 0.15) is 18.4 Å². The monoisotopic (exact) mass is 510 g/mol. The first-order valence-corrected chi connectivity index (χ1v) is 11.5. The molecule has 2 N–H and O–H groups in total. The van der Waals surface area contributed by atoms with Gasteiger partial charge >= 0.3 is 5.97 Å². The summed E-state index contributed by atoms with van der Waals surface area (Å²) in [5, 5.41) is 27.5. The van der Waals surface area contributed by atoms with Gasteiger partial charge in [0.15, 0.2) is 11.6 Å². The van der Waals surface area contributed by atoms with E-state index in [9.17, 15) is 28.6 Å². The SMILES string of the molecule is COc1ccc(-c2ccc(CC[C@@H](O)C(CCn3nnc4cc(F)c(F)cc4c3=O)C(=O)O)cc2)cn1. The van der Waals surface area contributed by atoms with Crippen LogP contribution in [-0.4, -0.2) is 49.4 Å². The highest BCUT2D eigenvalue weighted by molar-refractivity contribution is 5.76. The molecule has 9 nitrogen and oxygen atoms in total. The van der Waals surface area contributed by atoms with Crippen molar-refractivity contribution in [3.63, 3.8) is 0 Å². The number of hydrogen-bond donors (Lipinski definition) is 2. The molecule has 37 heavy (non-hydrogen) atoms. The van der Waals surface area contributed by atoms with Crippen LogP contribution in [0.3, 0.4) is 0 Å². The Morgan fingerprint density at radius 2 is 1.76 bits per heavy atom. The zero-order chi connectivity index (χ0) is 26.5. The second-order valence-electron chi connectivity index (χ2n) is 8.53. The molecule has 192 valence electrons. The van der Waals surface area contributed by atoms with E-state index in [4.69, 9.17) is 4.74 Å². The molecule has 0 fully saturated rings. The number of ether oxygens (including phenoxy) is 1. The van der Waals surface area contributed by atoms with Crippen molar-refractivity contribution in [1.82, 2.24) is 20.0 Å². The maximum Gasteiger partial charge on any atom is 0.309 e. The minimum atomic E-state index is -1.22. The summed E-state index contributed by atoms with van der Waals surface area (Å²) in [6.07, 6.45) is 1.04. The maximum atomic E-state index is 13.6. The van der Waals surface area contributed by atoms with E-state index in [1.807, 2.05) is 30.3 Å². The van der Waals surface area contributed by atoms with Crippen LogP contribution in [0.5, 0.6) is 5.88 Å². The van der Waals surface area contributed by atoms with Gasteiger partial charge in [-0.3, -0.25) is 9.59 Å². The van der Waals surface area contributed by atoms with Crippen molar-refractivity contribution in [2.24, 2.45) is 5.92 Å². The molecule has 2 aromatic carbocycles. The number of pyridine rings is 1. The lowest BCUT2D eigenvalue weighted by Gasteiger charge is -2.19. The largest absolute Gasteiger partial charge is 0.481 e. The third kappa shape index (κ3) is 5.95. The Labute approximate surface area is 210 Å². The van der Waals surface area contributed by atoms with E-state index < -0.39 is 35.2 Å². The van der Waals surface area contributed by atoms with Gasteiger partial charge in [0.25, 0.3) is 5.56 Å². The first-order chi connectivity index (χ1) is 17.8. The topological polar surface area (TPSA) is 127 Å². The first-order valence-electron chi connectivity index (χ1n) is 11.5. The molecule has 2 aromatic heterocycles. The summed E-state index contributed by atoms with van der Waals surface area (Å²) in [7, 11) is 1.54. The molecule has 4 aromatic rings. The van der Waals surface area contributed by atoms with Crippen LogP contribution in [0, 0.1) is 17.6 Å². The van der Waals surface area contributed by atoms with Gasteiger partial charge in [-0.05, 0) is 42.5 Å². The van der Waals surface area contributed by atoms with Crippen LogP contribution in [-0.2, 0) is 17.8 Å². The molecule has 0 spiro atoms. The lowest BCUT2D eigenvalue weighted by atomic mass is 9.93. The number of nitrogens with zero attached hydrogens (tertiary/aromatic N) is 4. The number of aryl methyl sites for hydroxylation is 2. The van der Waals surface area contributed by atoms with Crippen molar-refractivity contribution < 1.29 is 28.5 Å². The second kappa shape index (κ2) is 11.2. The van der Waals surface area contributed by atoms with E-state index >= 15 is 0 Å². The summed E-state index contributed by atoms with van der Waals surface area (Å²) in [5.74, 6) is -4.22. The van der Waals surface area contributed by atoms with Crippen LogP contribution in [0.15, 0.2) is 59.5 Å². The predicted octanol–water partition coefficient (Wildman–Crippen LogP) is 3.22. The standard InChI is InChI=1S/C26H24F2N4O5/c1-37-24-9-7-17(14-29-24)16-5-2-15(3-6-16)4-8-23(33)18(26(35)36)10-11-32-25(34)19-12-20(27)21(28)13-22(19)30-31-32/h2-3,5-7,9,12-14,18,23,33H,4,8,10-11H2,1H3,(H,35,36)/t18?,23-/m1/s1. The molecule has 0 saturated carbocycles. The van der Waals surface area contributed by atoms with Crippen molar-refractivity contribution in [2.75, 3.05) is 7.11 Å². The van der Waals surface area contributed by atoms with E-state index in [1.54, 1.807) is 19.4 Å². The van der Waals surface area contributed by atoms with Gasteiger partial charge in [-0.15, -0.1) is 5.10 Å². The highest BCUT2D eigenvalue weighted by Gasteiger charge is 2.26. The number of carboxylic acids is 1. The van der Waals surface area contributed by atoms with Crippen LogP contribution < -0.4 is 10.3 Å². The number of benzene rings is 2. The van der Waals surface area contributed by atoms with Gasteiger partial charge in [0.1, 0.15) is 5.52 Å². The van der Waals surface area contributed by atoms with Crippen molar-refractivity contribution in [3.8, 4) is 17.0 Å². The first kappa shape index (κ1) is 25.8. The smallest absolute Gasteiger partial charge is 0.309 e. The highest BCUT2D eigenvalue weighted by Crippen LogP contribution is 2.22. The number of halogens is 2. The van der Waals surface area contributed by atoms with E-state index in [0.29, 0.717) is 12.3 Å². The molecule has 0 radical (unpaired) electrons. The summed E-state index contributed by atoms with van der Waals surface area (Å²) >= 11 is 0. The Morgan fingerprint density at radius 3 is 2.41 bits per heavy atom. The van der Waals surface area contributed by atoms with Crippen molar-refractivity contribution >= 4 is 16.9 Å². The maximum absolute atomic E-state index is 13.6. The van der Waals surface area contributed by atoms with Crippen molar-refractivity contribution in [2.45, 2.75) is 31.9 Å². The molecule has 2 atom stereocenters. The molecule has 0 aliphatic carbocycles. The lowest BCUT2D eigenvalue weighted by Crippen LogP contribution is -2.32.